The summed E-state index contributed by atoms with van der Waals surface area (Å²) in [5, 5.41) is 6.29. The highest BCUT2D eigenvalue weighted by atomic mass is 16.5. The number of pyridine rings is 1. The molecule has 0 saturated carbocycles. The second-order valence-electron chi connectivity index (χ2n) is 10.2. The standard InChI is InChI=1S/C31H36N6O4/c1-41-26-8-5-23(6-9-26)20-29(38)36-15-3-14-35(18-19-36)28-10-7-24(31(40)37-16-12-32-13-17-37)21-27(28)34-30(39)25-4-2-11-33-22-25/h2,4-11,21-22,32H,3,12-20H2,1H3,(H,34,39). The van der Waals surface area contributed by atoms with Crippen molar-refractivity contribution in [3.8, 4) is 5.75 Å². The van der Waals surface area contributed by atoms with E-state index < -0.39 is 0 Å². The fourth-order valence-electron chi connectivity index (χ4n) is 5.22. The summed E-state index contributed by atoms with van der Waals surface area (Å²) in [6, 6.07) is 16.5. The molecule has 2 aliphatic heterocycles. The maximum atomic E-state index is 13.3. The lowest BCUT2D eigenvalue weighted by Crippen LogP contribution is -2.46. The van der Waals surface area contributed by atoms with E-state index in [4.69, 9.17) is 4.74 Å². The molecule has 2 aromatic carbocycles. The molecule has 2 N–H and O–H groups in total. The van der Waals surface area contributed by atoms with E-state index in [2.05, 4.69) is 20.5 Å². The van der Waals surface area contributed by atoms with Crippen LogP contribution < -0.4 is 20.3 Å². The van der Waals surface area contributed by atoms with Gasteiger partial charge in [-0.15, -0.1) is 0 Å². The molecule has 1 aromatic heterocycles. The molecule has 2 aliphatic rings. The van der Waals surface area contributed by atoms with Gasteiger partial charge in [-0.05, 0) is 54.4 Å². The molecule has 0 bridgehead atoms. The smallest absolute Gasteiger partial charge is 0.257 e. The highest BCUT2D eigenvalue weighted by Gasteiger charge is 2.24. The number of rotatable bonds is 7. The SMILES string of the molecule is COc1ccc(CC(=O)N2CCCN(c3ccc(C(=O)N4CCNCC4)cc3NC(=O)c3cccnc3)CC2)cc1. The zero-order valence-electron chi connectivity index (χ0n) is 23.3. The van der Waals surface area contributed by atoms with Crippen molar-refractivity contribution in [1.29, 1.82) is 0 Å². The third-order valence-corrected chi connectivity index (χ3v) is 7.52. The van der Waals surface area contributed by atoms with Gasteiger partial charge in [-0.1, -0.05) is 12.1 Å². The number of anilines is 2. The molecule has 3 heterocycles. The van der Waals surface area contributed by atoms with Crippen molar-refractivity contribution < 1.29 is 19.1 Å². The predicted molar refractivity (Wildman–Crippen MR) is 158 cm³/mol. The van der Waals surface area contributed by atoms with Gasteiger partial charge in [-0.25, -0.2) is 0 Å². The number of piperazine rings is 1. The normalized spacial score (nSPS) is 15.7. The molecule has 10 heteroatoms. The summed E-state index contributed by atoms with van der Waals surface area (Å²) in [4.78, 5) is 49.5. The Morgan fingerprint density at radius 2 is 1.71 bits per heavy atom. The fraction of sp³-hybridized carbons (Fsp3) is 0.355. The van der Waals surface area contributed by atoms with Crippen LogP contribution in [0.15, 0.2) is 67.0 Å². The number of hydrogen-bond donors (Lipinski definition) is 2. The molecule has 0 spiro atoms. The molecule has 3 amide bonds. The molecule has 0 unspecified atom stereocenters. The van der Waals surface area contributed by atoms with Crippen LogP contribution in [0.1, 0.15) is 32.7 Å². The van der Waals surface area contributed by atoms with Gasteiger partial charge in [-0.3, -0.25) is 19.4 Å². The lowest BCUT2D eigenvalue weighted by atomic mass is 10.1. The highest BCUT2D eigenvalue weighted by molar-refractivity contribution is 6.07. The van der Waals surface area contributed by atoms with Gasteiger partial charge in [0.1, 0.15) is 5.75 Å². The molecule has 0 radical (unpaired) electrons. The van der Waals surface area contributed by atoms with E-state index in [1.54, 1.807) is 31.5 Å². The predicted octanol–water partition coefficient (Wildman–Crippen LogP) is 2.67. The molecule has 3 aromatic rings. The molecular formula is C31H36N6O4. The van der Waals surface area contributed by atoms with Crippen LogP contribution in [0, 0.1) is 0 Å². The van der Waals surface area contributed by atoms with E-state index in [0.717, 1.165) is 36.5 Å². The monoisotopic (exact) mass is 556 g/mol. The van der Waals surface area contributed by atoms with Crippen LogP contribution in [0.25, 0.3) is 0 Å². The van der Waals surface area contributed by atoms with Gasteiger partial charge in [0.25, 0.3) is 11.8 Å². The highest BCUT2D eigenvalue weighted by Crippen LogP contribution is 2.30. The zero-order chi connectivity index (χ0) is 28.6. The first-order valence-electron chi connectivity index (χ1n) is 14.0. The maximum Gasteiger partial charge on any atom is 0.257 e. The van der Waals surface area contributed by atoms with Gasteiger partial charge in [0.2, 0.25) is 5.91 Å². The second kappa shape index (κ2) is 13.3. The molecule has 5 rings (SSSR count). The Kier molecular flexibility index (Phi) is 9.10. The molecule has 2 fully saturated rings. The van der Waals surface area contributed by atoms with Crippen molar-refractivity contribution in [2.75, 3.05) is 69.7 Å². The average molecular weight is 557 g/mol. The summed E-state index contributed by atoms with van der Waals surface area (Å²) in [7, 11) is 1.62. The Morgan fingerprint density at radius 1 is 0.902 bits per heavy atom. The van der Waals surface area contributed by atoms with E-state index >= 15 is 0 Å². The summed E-state index contributed by atoms with van der Waals surface area (Å²) in [6.45, 7) is 5.35. The molecule has 2 saturated heterocycles. The Bertz CT molecular complexity index is 1360. The van der Waals surface area contributed by atoms with E-state index in [0.29, 0.717) is 62.5 Å². The third-order valence-electron chi connectivity index (χ3n) is 7.52. The summed E-state index contributed by atoms with van der Waals surface area (Å²) < 4.78 is 5.22. The molecular weight excluding hydrogens is 520 g/mol. The van der Waals surface area contributed by atoms with Crippen LogP contribution in [-0.4, -0.2) is 92.0 Å². The summed E-state index contributed by atoms with van der Waals surface area (Å²) in [6.07, 6.45) is 4.25. The van der Waals surface area contributed by atoms with Gasteiger partial charge in [-0.2, -0.15) is 0 Å². The molecule has 214 valence electrons. The number of methoxy groups -OCH3 is 1. The van der Waals surface area contributed by atoms with E-state index in [1.165, 1.54) is 6.20 Å². The summed E-state index contributed by atoms with van der Waals surface area (Å²) >= 11 is 0. The Hall–Kier alpha value is -4.44. The molecule has 41 heavy (non-hydrogen) atoms. The minimum Gasteiger partial charge on any atom is -0.497 e. The van der Waals surface area contributed by atoms with Gasteiger partial charge in [0.05, 0.1) is 30.5 Å². The lowest BCUT2D eigenvalue weighted by Gasteiger charge is -2.29. The topological polar surface area (TPSA) is 107 Å². The Balaban J connectivity index is 1.33. The van der Waals surface area contributed by atoms with Crippen molar-refractivity contribution in [3.05, 3.63) is 83.7 Å². The molecule has 0 aliphatic carbocycles. The zero-order valence-corrected chi connectivity index (χ0v) is 23.3. The quantitative estimate of drug-likeness (QED) is 0.461. The second-order valence-corrected chi connectivity index (χ2v) is 10.2. The molecule has 10 nitrogen and oxygen atoms in total. The number of nitrogens with zero attached hydrogens (tertiary/aromatic N) is 4. The van der Waals surface area contributed by atoms with E-state index in [-0.39, 0.29) is 17.7 Å². The van der Waals surface area contributed by atoms with Crippen molar-refractivity contribution in [2.45, 2.75) is 12.8 Å². The number of benzene rings is 2. The number of carbonyl (C=O) groups is 3. The number of amides is 3. The first-order chi connectivity index (χ1) is 20.0. The fourth-order valence-corrected chi connectivity index (χ4v) is 5.22. The first kappa shape index (κ1) is 28.1. The van der Waals surface area contributed by atoms with Crippen LogP contribution in [0.3, 0.4) is 0 Å². The number of hydrogen-bond acceptors (Lipinski definition) is 7. The number of carbonyl (C=O) groups excluding carboxylic acids is 3. The average Bonchev–Trinajstić information content (AvgIpc) is 3.28. The van der Waals surface area contributed by atoms with Crippen molar-refractivity contribution >= 4 is 29.1 Å². The van der Waals surface area contributed by atoms with Crippen LogP contribution in [0.5, 0.6) is 5.75 Å². The minimum absolute atomic E-state index is 0.0545. The van der Waals surface area contributed by atoms with E-state index in [1.807, 2.05) is 46.2 Å². The summed E-state index contributed by atoms with van der Waals surface area (Å²) in [5.74, 6) is 0.496. The van der Waals surface area contributed by atoms with Crippen molar-refractivity contribution in [1.82, 2.24) is 20.1 Å². The van der Waals surface area contributed by atoms with Crippen LogP contribution in [-0.2, 0) is 11.2 Å². The maximum absolute atomic E-state index is 13.3. The van der Waals surface area contributed by atoms with Crippen LogP contribution in [0.4, 0.5) is 11.4 Å². The Labute approximate surface area is 240 Å². The van der Waals surface area contributed by atoms with Gasteiger partial charge < -0.3 is 30.1 Å². The minimum atomic E-state index is -0.294. The van der Waals surface area contributed by atoms with Gasteiger partial charge in [0, 0.05) is 70.3 Å². The van der Waals surface area contributed by atoms with Crippen LogP contribution in [0.2, 0.25) is 0 Å². The number of ether oxygens (including phenoxy) is 1. The molecule has 0 atom stereocenters. The van der Waals surface area contributed by atoms with Gasteiger partial charge in [0.15, 0.2) is 0 Å². The number of aromatic nitrogens is 1. The van der Waals surface area contributed by atoms with Crippen molar-refractivity contribution in [3.63, 3.8) is 0 Å². The first-order valence-corrected chi connectivity index (χ1v) is 14.0. The summed E-state index contributed by atoms with van der Waals surface area (Å²) in [5.41, 5.74) is 3.30. The lowest BCUT2D eigenvalue weighted by molar-refractivity contribution is -0.130. The number of nitrogens with one attached hydrogen (secondary N) is 2. The van der Waals surface area contributed by atoms with E-state index in [9.17, 15) is 14.4 Å². The van der Waals surface area contributed by atoms with Gasteiger partial charge >= 0.3 is 0 Å². The van der Waals surface area contributed by atoms with Crippen LogP contribution >= 0.6 is 0 Å². The largest absolute Gasteiger partial charge is 0.497 e. The third kappa shape index (κ3) is 7.01. The van der Waals surface area contributed by atoms with Crippen molar-refractivity contribution in [2.24, 2.45) is 0 Å². The Morgan fingerprint density at radius 3 is 2.44 bits per heavy atom.